The fraction of sp³-hybridized carbons (Fsp3) is 0.269. The number of carbonyl (C=O) groups excluding carboxylic acids is 1. The summed E-state index contributed by atoms with van der Waals surface area (Å²) in [5, 5.41) is 7.22. The molecule has 1 fully saturated rings. The van der Waals surface area contributed by atoms with Crippen molar-refractivity contribution in [1.29, 1.82) is 0 Å². The molecule has 9 heteroatoms. The Morgan fingerprint density at radius 1 is 1.14 bits per heavy atom. The summed E-state index contributed by atoms with van der Waals surface area (Å²) < 4.78 is 11.3. The summed E-state index contributed by atoms with van der Waals surface area (Å²) in [6, 6.07) is 16.9. The summed E-state index contributed by atoms with van der Waals surface area (Å²) in [6.45, 7) is 6.72. The number of ether oxygens (including phenoxy) is 2. The molecule has 1 amide bonds. The molecule has 35 heavy (non-hydrogen) atoms. The molecule has 2 aromatic carbocycles. The van der Waals surface area contributed by atoms with Crippen molar-refractivity contribution in [3.05, 3.63) is 72.1 Å². The SMILES string of the molecule is Cc1cc2cc(Oc3ccnc(Nc4cccc(C(=O)NCCN5CCOCC5)c4)n3)ccc2[nH]1. The summed E-state index contributed by atoms with van der Waals surface area (Å²) in [6.07, 6.45) is 1.63. The predicted octanol–water partition coefficient (Wildman–Crippen LogP) is 3.86. The number of H-pyrrole nitrogens is 1. The molecule has 3 heterocycles. The van der Waals surface area contributed by atoms with Crippen molar-refractivity contribution in [2.45, 2.75) is 6.92 Å². The number of benzene rings is 2. The zero-order valence-corrected chi connectivity index (χ0v) is 19.6. The van der Waals surface area contributed by atoms with Crippen LogP contribution >= 0.6 is 0 Å². The lowest BCUT2D eigenvalue weighted by atomic mass is 10.2. The highest BCUT2D eigenvalue weighted by molar-refractivity contribution is 5.95. The number of aromatic amines is 1. The molecule has 0 spiro atoms. The number of aryl methyl sites for hydroxylation is 1. The molecule has 0 atom stereocenters. The number of carbonyl (C=O) groups is 1. The van der Waals surface area contributed by atoms with Crippen LogP contribution in [0.5, 0.6) is 11.6 Å². The Morgan fingerprint density at radius 2 is 2.03 bits per heavy atom. The van der Waals surface area contributed by atoms with Crippen LogP contribution in [0.2, 0.25) is 0 Å². The maximum Gasteiger partial charge on any atom is 0.251 e. The number of hydrogen-bond acceptors (Lipinski definition) is 7. The van der Waals surface area contributed by atoms with E-state index in [2.05, 4.69) is 36.6 Å². The quantitative estimate of drug-likeness (QED) is 0.358. The summed E-state index contributed by atoms with van der Waals surface area (Å²) in [5.74, 6) is 1.38. The second-order valence-electron chi connectivity index (χ2n) is 8.44. The lowest BCUT2D eigenvalue weighted by molar-refractivity contribution is 0.0383. The molecule has 1 saturated heterocycles. The zero-order chi connectivity index (χ0) is 24.0. The summed E-state index contributed by atoms with van der Waals surface area (Å²) in [4.78, 5) is 26.9. The molecule has 0 bridgehead atoms. The lowest BCUT2D eigenvalue weighted by Crippen LogP contribution is -2.41. The minimum atomic E-state index is -0.115. The van der Waals surface area contributed by atoms with E-state index in [9.17, 15) is 4.79 Å². The molecule has 9 nitrogen and oxygen atoms in total. The van der Waals surface area contributed by atoms with Crippen molar-refractivity contribution in [1.82, 2.24) is 25.2 Å². The van der Waals surface area contributed by atoms with E-state index < -0.39 is 0 Å². The monoisotopic (exact) mass is 472 g/mol. The molecule has 0 radical (unpaired) electrons. The van der Waals surface area contributed by atoms with Gasteiger partial charge in [0.1, 0.15) is 5.75 Å². The van der Waals surface area contributed by atoms with E-state index in [0.717, 1.165) is 49.4 Å². The fourth-order valence-corrected chi connectivity index (χ4v) is 4.02. The van der Waals surface area contributed by atoms with Gasteiger partial charge in [0.2, 0.25) is 11.8 Å². The van der Waals surface area contributed by atoms with Gasteiger partial charge in [0.05, 0.1) is 13.2 Å². The highest BCUT2D eigenvalue weighted by Crippen LogP contribution is 2.26. The van der Waals surface area contributed by atoms with Crippen LogP contribution in [-0.4, -0.2) is 65.2 Å². The van der Waals surface area contributed by atoms with Gasteiger partial charge in [0, 0.05) is 66.3 Å². The van der Waals surface area contributed by atoms with Gasteiger partial charge < -0.3 is 25.1 Å². The van der Waals surface area contributed by atoms with Gasteiger partial charge in [-0.15, -0.1) is 0 Å². The van der Waals surface area contributed by atoms with Crippen LogP contribution in [0, 0.1) is 6.92 Å². The van der Waals surface area contributed by atoms with Crippen molar-refractivity contribution in [2.75, 3.05) is 44.7 Å². The first-order valence-electron chi connectivity index (χ1n) is 11.7. The number of rotatable bonds is 8. The van der Waals surface area contributed by atoms with Gasteiger partial charge in [-0.1, -0.05) is 6.07 Å². The summed E-state index contributed by atoms with van der Waals surface area (Å²) in [7, 11) is 0. The lowest BCUT2D eigenvalue weighted by Gasteiger charge is -2.26. The van der Waals surface area contributed by atoms with E-state index in [1.807, 2.05) is 37.3 Å². The fourth-order valence-electron chi connectivity index (χ4n) is 4.02. The molecule has 2 aromatic heterocycles. The predicted molar refractivity (Wildman–Crippen MR) is 134 cm³/mol. The summed E-state index contributed by atoms with van der Waals surface area (Å²) >= 11 is 0. The first kappa shape index (κ1) is 22.8. The van der Waals surface area contributed by atoms with Crippen molar-refractivity contribution < 1.29 is 14.3 Å². The van der Waals surface area contributed by atoms with E-state index in [1.54, 1.807) is 24.4 Å². The van der Waals surface area contributed by atoms with Gasteiger partial charge >= 0.3 is 0 Å². The van der Waals surface area contributed by atoms with Gasteiger partial charge in [-0.05, 0) is 49.4 Å². The highest BCUT2D eigenvalue weighted by Gasteiger charge is 2.12. The van der Waals surface area contributed by atoms with Crippen LogP contribution in [-0.2, 0) is 4.74 Å². The topological polar surface area (TPSA) is 104 Å². The molecule has 4 aromatic rings. The first-order chi connectivity index (χ1) is 17.1. The van der Waals surface area contributed by atoms with Crippen LogP contribution < -0.4 is 15.4 Å². The van der Waals surface area contributed by atoms with Gasteiger partial charge in [-0.2, -0.15) is 4.98 Å². The average Bonchev–Trinajstić information content (AvgIpc) is 3.24. The Kier molecular flexibility index (Phi) is 6.87. The first-order valence-corrected chi connectivity index (χ1v) is 11.7. The Morgan fingerprint density at radius 3 is 2.91 bits per heavy atom. The number of amides is 1. The second-order valence-corrected chi connectivity index (χ2v) is 8.44. The average molecular weight is 473 g/mol. The minimum absolute atomic E-state index is 0.115. The van der Waals surface area contributed by atoms with E-state index in [-0.39, 0.29) is 5.91 Å². The Labute approximate surface area is 203 Å². The standard InChI is InChI=1S/C26H28N6O3/c1-18-15-20-17-22(5-6-23(20)29-18)35-24-7-8-28-26(31-24)30-21-4-2-3-19(16-21)25(33)27-9-10-32-11-13-34-14-12-32/h2-8,15-17,29H,9-14H2,1H3,(H,27,33)(H,28,30,31). The third-order valence-corrected chi connectivity index (χ3v) is 5.78. The molecule has 3 N–H and O–H groups in total. The maximum atomic E-state index is 12.6. The molecule has 0 saturated carbocycles. The minimum Gasteiger partial charge on any atom is -0.439 e. The third kappa shape index (κ3) is 5.95. The molecule has 5 rings (SSSR count). The Bertz CT molecular complexity index is 1320. The van der Waals surface area contributed by atoms with Gasteiger partial charge in [0.15, 0.2) is 0 Å². The third-order valence-electron chi connectivity index (χ3n) is 5.78. The van der Waals surface area contributed by atoms with Gasteiger partial charge in [0.25, 0.3) is 5.91 Å². The number of anilines is 2. The number of nitrogens with one attached hydrogen (secondary N) is 3. The normalized spacial score (nSPS) is 14.1. The van der Waals surface area contributed by atoms with Gasteiger partial charge in [-0.3, -0.25) is 9.69 Å². The van der Waals surface area contributed by atoms with E-state index in [0.29, 0.717) is 35.4 Å². The van der Waals surface area contributed by atoms with E-state index in [1.165, 1.54) is 0 Å². The largest absolute Gasteiger partial charge is 0.439 e. The van der Waals surface area contributed by atoms with Crippen molar-refractivity contribution >= 4 is 28.4 Å². The van der Waals surface area contributed by atoms with E-state index >= 15 is 0 Å². The molecule has 1 aliphatic heterocycles. The van der Waals surface area contributed by atoms with E-state index in [4.69, 9.17) is 9.47 Å². The van der Waals surface area contributed by atoms with Crippen molar-refractivity contribution in [3.8, 4) is 11.6 Å². The second kappa shape index (κ2) is 10.5. The number of fused-ring (bicyclic) bond motifs is 1. The van der Waals surface area contributed by atoms with Crippen LogP contribution in [0.25, 0.3) is 10.9 Å². The number of nitrogens with zero attached hydrogens (tertiary/aromatic N) is 3. The maximum absolute atomic E-state index is 12.6. The highest BCUT2D eigenvalue weighted by atomic mass is 16.5. The molecular weight excluding hydrogens is 444 g/mol. The van der Waals surface area contributed by atoms with Gasteiger partial charge in [-0.25, -0.2) is 4.98 Å². The Hall–Kier alpha value is -3.95. The molecule has 0 unspecified atom stereocenters. The van der Waals surface area contributed by atoms with Crippen molar-refractivity contribution in [3.63, 3.8) is 0 Å². The van der Waals surface area contributed by atoms with Crippen LogP contribution in [0.3, 0.4) is 0 Å². The molecule has 180 valence electrons. The zero-order valence-electron chi connectivity index (χ0n) is 19.6. The van der Waals surface area contributed by atoms with Crippen LogP contribution in [0.1, 0.15) is 16.1 Å². The Balaban J connectivity index is 1.20. The van der Waals surface area contributed by atoms with Crippen LogP contribution in [0.15, 0.2) is 60.8 Å². The van der Waals surface area contributed by atoms with Crippen molar-refractivity contribution in [2.24, 2.45) is 0 Å². The number of morpholine rings is 1. The molecule has 0 aliphatic carbocycles. The smallest absolute Gasteiger partial charge is 0.251 e. The van der Waals surface area contributed by atoms with Crippen LogP contribution in [0.4, 0.5) is 11.6 Å². The molecule has 1 aliphatic rings. The number of aromatic nitrogens is 3. The number of hydrogen-bond donors (Lipinski definition) is 3. The molecular formula is C26H28N6O3. The summed E-state index contributed by atoms with van der Waals surface area (Å²) in [5.41, 5.74) is 3.44.